The quantitative estimate of drug-likeness (QED) is 0.614. The van der Waals surface area contributed by atoms with Gasteiger partial charge in [-0.05, 0) is 43.3 Å². The van der Waals surface area contributed by atoms with Crippen molar-refractivity contribution >= 4 is 29.8 Å². The maximum Gasteiger partial charge on any atom is 0.338 e. The fourth-order valence-corrected chi connectivity index (χ4v) is 1.94. The Morgan fingerprint density at radius 3 is 2.08 bits per heavy atom. The molecule has 0 aromatic heterocycles. The molecule has 2 rings (SSSR count). The molecule has 2 amide bonds. The number of hydrogen-bond acceptors (Lipinski definition) is 5. The van der Waals surface area contributed by atoms with Crippen LogP contribution in [0.3, 0.4) is 0 Å². The van der Waals surface area contributed by atoms with Gasteiger partial charge in [0.25, 0.3) is 5.91 Å². The molecule has 0 aliphatic carbocycles. The van der Waals surface area contributed by atoms with Gasteiger partial charge in [0.2, 0.25) is 5.91 Å². The molecule has 2 aromatic carbocycles. The molecule has 25 heavy (non-hydrogen) atoms. The van der Waals surface area contributed by atoms with Gasteiger partial charge in [-0.2, -0.15) is 0 Å². The van der Waals surface area contributed by atoms with Crippen LogP contribution in [0.1, 0.15) is 38.0 Å². The van der Waals surface area contributed by atoms with Crippen molar-refractivity contribution in [3.63, 3.8) is 0 Å². The Morgan fingerprint density at radius 2 is 1.56 bits per heavy atom. The molecular formula is C18H16N2O5. The monoisotopic (exact) mass is 340 g/mol. The lowest BCUT2D eigenvalue weighted by Crippen LogP contribution is -2.30. The molecule has 0 fully saturated rings. The topological polar surface area (TPSA) is 116 Å². The first-order valence-corrected chi connectivity index (χ1v) is 7.37. The number of carbonyl (C=O) groups excluding carboxylic acids is 4. The highest BCUT2D eigenvalue weighted by molar-refractivity contribution is 5.98. The summed E-state index contributed by atoms with van der Waals surface area (Å²) in [6.07, 6.45) is -0.372. The highest BCUT2D eigenvalue weighted by atomic mass is 16.5. The van der Waals surface area contributed by atoms with Crippen molar-refractivity contribution in [1.82, 2.24) is 0 Å². The molecule has 0 bridgehead atoms. The molecule has 0 heterocycles. The third-order valence-corrected chi connectivity index (χ3v) is 3.37. The van der Waals surface area contributed by atoms with Gasteiger partial charge in [-0.15, -0.1) is 0 Å². The number of ether oxygens (including phenoxy) is 1. The van der Waals surface area contributed by atoms with E-state index in [9.17, 15) is 19.2 Å². The van der Waals surface area contributed by atoms with E-state index in [4.69, 9.17) is 10.5 Å². The molecule has 0 saturated heterocycles. The zero-order valence-corrected chi connectivity index (χ0v) is 13.4. The van der Waals surface area contributed by atoms with Crippen LogP contribution in [0.5, 0.6) is 0 Å². The van der Waals surface area contributed by atoms with Gasteiger partial charge in [-0.25, -0.2) is 4.79 Å². The number of nitrogens with one attached hydrogen (secondary N) is 1. The van der Waals surface area contributed by atoms with Gasteiger partial charge in [-0.3, -0.25) is 14.4 Å². The van der Waals surface area contributed by atoms with Gasteiger partial charge in [0.15, 0.2) is 6.10 Å². The highest BCUT2D eigenvalue weighted by Crippen LogP contribution is 2.11. The van der Waals surface area contributed by atoms with E-state index >= 15 is 0 Å². The van der Waals surface area contributed by atoms with E-state index < -0.39 is 23.9 Å². The number of rotatable bonds is 6. The van der Waals surface area contributed by atoms with Crippen LogP contribution in [0.2, 0.25) is 0 Å². The summed E-state index contributed by atoms with van der Waals surface area (Å²) in [5, 5.41) is 2.57. The van der Waals surface area contributed by atoms with E-state index in [2.05, 4.69) is 5.32 Å². The molecule has 3 N–H and O–H groups in total. The van der Waals surface area contributed by atoms with Gasteiger partial charge in [0, 0.05) is 16.8 Å². The summed E-state index contributed by atoms with van der Waals surface area (Å²) in [5.41, 5.74) is 6.56. The van der Waals surface area contributed by atoms with E-state index in [-0.39, 0.29) is 5.56 Å². The fourth-order valence-electron chi connectivity index (χ4n) is 1.94. The molecule has 0 spiro atoms. The average Bonchev–Trinajstić information content (AvgIpc) is 2.62. The predicted octanol–water partition coefficient (Wildman–Crippen LogP) is 1.78. The van der Waals surface area contributed by atoms with Crippen molar-refractivity contribution in [2.24, 2.45) is 5.73 Å². The molecule has 0 aliphatic heterocycles. The number of nitrogens with two attached hydrogens (primary N) is 1. The van der Waals surface area contributed by atoms with Crippen LogP contribution < -0.4 is 11.1 Å². The predicted molar refractivity (Wildman–Crippen MR) is 90.3 cm³/mol. The molecule has 7 nitrogen and oxygen atoms in total. The summed E-state index contributed by atoms with van der Waals surface area (Å²) in [7, 11) is 0. The lowest BCUT2D eigenvalue weighted by molar-refractivity contribution is -0.123. The van der Waals surface area contributed by atoms with Crippen LogP contribution in [-0.2, 0) is 9.53 Å². The summed E-state index contributed by atoms with van der Waals surface area (Å²) in [4.78, 5) is 45.7. The third kappa shape index (κ3) is 4.74. The number of primary amides is 1. The number of hydrogen-bond donors (Lipinski definition) is 2. The normalized spacial score (nSPS) is 11.2. The molecule has 128 valence electrons. The standard InChI is InChI=1S/C18H16N2O5/c1-11(25-18(24)14-4-2-12(10-21)3-5-14)17(23)20-15-8-6-13(7-9-15)16(19)22/h2-11H,1H3,(H2,19,22)(H,20,23)/t11-/m1/s1. The second-order valence-electron chi connectivity index (χ2n) is 5.22. The lowest BCUT2D eigenvalue weighted by atomic mass is 10.1. The number of benzene rings is 2. The van der Waals surface area contributed by atoms with Crippen molar-refractivity contribution in [2.75, 3.05) is 5.32 Å². The highest BCUT2D eigenvalue weighted by Gasteiger charge is 2.19. The van der Waals surface area contributed by atoms with Gasteiger partial charge in [-0.1, -0.05) is 12.1 Å². The Morgan fingerprint density at radius 1 is 1.00 bits per heavy atom. The third-order valence-electron chi connectivity index (χ3n) is 3.37. The smallest absolute Gasteiger partial charge is 0.338 e. The van der Waals surface area contributed by atoms with Crippen LogP contribution in [0.4, 0.5) is 5.69 Å². The first kappa shape index (κ1) is 17.9. The Bertz CT molecular complexity index is 797. The minimum atomic E-state index is -1.03. The number of aldehydes is 1. The first-order chi connectivity index (χ1) is 11.9. The zero-order chi connectivity index (χ0) is 18.4. The minimum Gasteiger partial charge on any atom is -0.449 e. The summed E-state index contributed by atoms with van der Waals surface area (Å²) in [5.74, 6) is -1.77. The van der Waals surface area contributed by atoms with E-state index in [1.807, 2.05) is 0 Å². The van der Waals surface area contributed by atoms with Crippen molar-refractivity contribution < 1.29 is 23.9 Å². The molecular weight excluding hydrogens is 324 g/mol. The number of esters is 1. The molecule has 2 aromatic rings. The number of amides is 2. The van der Waals surface area contributed by atoms with Crippen molar-refractivity contribution in [3.8, 4) is 0 Å². The van der Waals surface area contributed by atoms with E-state index in [1.165, 1.54) is 55.5 Å². The molecule has 0 aliphatic rings. The summed E-state index contributed by atoms with van der Waals surface area (Å²) in [6, 6.07) is 11.8. The Balaban J connectivity index is 1.95. The SMILES string of the molecule is C[C@@H](OC(=O)c1ccc(C=O)cc1)C(=O)Nc1ccc(C(N)=O)cc1. The fraction of sp³-hybridized carbons (Fsp3) is 0.111. The molecule has 0 unspecified atom stereocenters. The van der Waals surface area contributed by atoms with E-state index in [0.29, 0.717) is 23.1 Å². The van der Waals surface area contributed by atoms with Gasteiger partial charge >= 0.3 is 5.97 Å². The first-order valence-electron chi connectivity index (χ1n) is 7.37. The second-order valence-corrected chi connectivity index (χ2v) is 5.22. The van der Waals surface area contributed by atoms with Gasteiger partial charge in [0.1, 0.15) is 6.29 Å². The van der Waals surface area contributed by atoms with Crippen LogP contribution in [-0.4, -0.2) is 30.2 Å². The van der Waals surface area contributed by atoms with Gasteiger partial charge in [0.05, 0.1) is 5.56 Å². The maximum atomic E-state index is 12.1. The van der Waals surface area contributed by atoms with Gasteiger partial charge < -0.3 is 15.8 Å². The van der Waals surface area contributed by atoms with Crippen molar-refractivity contribution in [2.45, 2.75) is 13.0 Å². The Hall–Kier alpha value is -3.48. The summed E-state index contributed by atoms with van der Waals surface area (Å²) < 4.78 is 5.09. The van der Waals surface area contributed by atoms with E-state index in [1.54, 1.807) is 0 Å². The summed E-state index contributed by atoms with van der Waals surface area (Å²) in [6.45, 7) is 1.44. The van der Waals surface area contributed by atoms with Crippen LogP contribution in [0, 0.1) is 0 Å². The average molecular weight is 340 g/mol. The molecule has 0 radical (unpaired) electrons. The minimum absolute atomic E-state index is 0.232. The molecule has 7 heteroatoms. The van der Waals surface area contributed by atoms with Crippen molar-refractivity contribution in [3.05, 3.63) is 65.2 Å². The van der Waals surface area contributed by atoms with Crippen LogP contribution in [0.15, 0.2) is 48.5 Å². The van der Waals surface area contributed by atoms with Crippen LogP contribution in [0.25, 0.3) is 0 Å². The van der Waals surface area contributed by atoms with Crippen molar-refractivity contribution in [1.29, 1.82) is 0 Å². The Labute approximate surface area is 143 Å². The lowest BCUT2D eigenvalue weighted by Gasteiger charge is -2.13. The largest absolute Gasteiger partial charge is 0.449 e. The Kier molecular flexibility index (Phi) is 5.62. The molecule has 0 saturated carbocycles. The van der Waals surface area contributed by atoms with Crippen LogP contribution >= 0.6 is 0 Å². The molecule has 1 atom stereocenters. The maximum absolute atomic E-state index is 12.1. The summed E-state index contributed by atoms with van der Waals surface area (Å²) >= 11 is 0. The number of carbonyl (C=O) groups is 4. The second kappa shape index (κ2) is 7.87. The zero-order valence-electron chi connectivity index (χ0n) is 13.4. The van der Waals surface area contributed by atoms with E-state index in [0.717, 1.165) is 0 Å². The number of anilines is 1.